The first kappa shape index (κ1) is 12.1. The molecule has 17 heavy (non-hydrogen) atoms. The van der Waals surface area contributed by atoms with Crippen molar-refractivity contribution in [1.29, 1.82) is 0 Å². The van der Waals surface area contributed by atoms with Crippen molar-refractivity contribution in [1.82, 2.24) is 4.98 Å². The van der Waals surface area contributed by atoms with Crippen LogP contribution in [0.2, 0.25) is 0 Å². The predicted octanol–water partition coefficient (Wildman–Crippen LogP) is 2.53. The maximum atomic E-state index is 13.4. The summed E-state index contributed by atoms with van der Waals surface area (Å²) in [5, 5.41) is 2.78. The Kier molecular flexibility index (Phi) is 3.81. The van der Waals surface area contributed by atoms with Gasteiger partial charge in [0, 0.05) is 24.0 Å². The van der Waals surface area contributed by atoms with Crippen LogP contribution < -0.4 is 5.73 Å². The third-order valence-electron chi connectivity index (χ3n) is 2.43. The number of nitrogens with zero attached hydrogens (tertiary/aromatic N) is 1. The molecule has 1 aromatic heterocycles. The van der Waals surface area contributed by atoms with Crippen molar-refractivity contribution in [2.45, 2.75) is 18.9 Å². The van der Waals surface area contributed by atoms with Gasteiger partial charge < -0.3 is 5.73 Å². The highest BCUT2D eigenvalue weighted by molar-refractivity contribution is 7.09. The lowest BCUT2D eigenvalue weighted by Gasteiger charge is -2.10. The minimum absolute atomic E-state index is 0.252. The van der Waals surface area contributed by atoms with Crippen molar-refractivity contribution in [3.05, 3.63) is 52.0 Å². The number of hydrogen-bond donors (Lipinski definition) is 1. The lowest BCUT2D eigenvalue weighted by Crippen LogP contribution is -2.26. The van der Waals surface area contributed by atoms with E-state index < -0.39 is 11.6 Å². The SMILES string of the molecule is NC(Cc1nccs1)Cc1cccc(F)c1F. The molecule has 90 valence electrons. The number of halogens is 2. The number of aromatic nitrogens is 1. The zero-order chi connectivity index (χ0) is 12.3. The van der Waals surface area contributed by atoms with Gasteiger partial charge in [-0.15, -0.1) is 11.3 Å². The molecular formula is C12H12F2N2S. The Morgan fingerprint density at radius 2 is 2.12 bits per heavy atom. The summed E-state index contributed by atoms with van der Waals surface area (Å²) in [6, 6.07) is 3.90. The van der Waals surface area contributed by atoms with Gasteiger partial charge in [-0.25, -0.2) is 13.8 Å². The first-order valence-electron chi connectivity index (χ1n) is 5.23. The standard InChI is InChI=1S/C12H12F2N2S/c13-10-3-1-2-8(12(10)14)6-9(15)7-11-16-4-5-17-11/h1-5,9H,6-7,15H2. The van der Waals surface area contributed by atoms with Gasteiger partial charge in [0.25, 0.3) is 0 Å². The number of thiazole rings is 1. The van der Waals surface area contributed by atoms with E-state index in [0.29, 0.717) is 18.4 Å². The molecule has 2 rings (SSSR count). The minimum atomic E-state index is -0.830. The fraction of sp³-hybridized carbons (Fsp3) is 0.250. The average molecular weight is 254 g/mol. The smallest absolute Gasteiger partial charge is 0.162 e. The van der Waals surface area contributed by atoms with Gasteiger partial charge in [0.05, 0.1) is 5.01 Å². The van der Waals surface area contributed by atoms with E-state index in [1.165, 1.54) is 17.4 Å². The number of rotatable bonds is 4. The van der Waals surface area contributed by atoms with Crippen LogP contribution in [0.4, 0.5) is 8.78 Å². The topological polar surface area (TPSA) is 38.9 Å². The summed E-state index contributed by atoms with van der Waals surface area (Å²) >= 11 is 1.51. The molecule has 0 aliphatic rings. The Bertz CT molecular complexity index is 485. The molecule has 0 radical (unpaired) electrons. The fourth-order valence-electron chi connectivity index (χ4n) is 1.64. The summed E-state index contributed by atoms with van der Waals surface area (Å²) in [5.41, 5.74) is 6.21. The lowest BCUT2D eigenvalue weighted by atomic mass is 10.0. The quantitative estimate of drug-likeness (QED) is 0.910. The van der Waals surface area contributed by atoms with Gasteiger partial charge >= 0.3 is 0 Å². The van der Waals surface area contributed by atoms with Gasteiger partial charge in [0.1, 0.15) is 0 Å². The van der Waals surface area contributed by atoms with Gasteiger partial charge in [-0.3, -0.25) is 0 Å². The molecule has 0 bridgehead atoms. The molecule has 0 aliphatic heterocycles. The van der Waals surface area contributed by atoms with Crippen molar-refractivity contribution in [2.24, 2.45) is 5.73 Å². The largest absolute Gasteiger partial charge is 0.327 e. The summed E-state index contributed by atoms with van der Waals surface area (Å²) in [4.78, 5) is 4.11. The van der Waals surface area contributed by atoms with Crippen LogP contribution in [0.5, 0.6) is 0 Å². The first-order chi connectivity index (χ1) is 8.16. The van der Waals surface area contributed by atoms with Gasteiger partial charge in [-0.05, 0) is 18.1 Å². The van der Waals surface area contributed by atoms with E-state index >= 15 is 0 Å². The molecule has 1 heterocycles. The Morgan fingerprint density at radius 3 is 2.82 bits per heavy atom. The molecule has 0 spiro atoms. The van der Waals surface area contributed by atoms with Crippen LogP contribution in [0, 0.1) is 11.6 Å². The van der Waals surface area contributed by atoms with Crippen LogP contribution in [0.3, 0.4) is 0 Å². The molecule has 1 unspecified atom stereocenters. The predicted molar refractivity (Wildman–Crippen MR) is 63.9 cm³/mol. The summed E-state index contributed by atoms with van der Waals surface area (Å²) in [6.07, 6.45) is 2.59. The molecule has 0 amide bonds. The Labute approximate surface area is 102 Å². The van der Waals surface area contributed by atoms with E-state index in [1.54, 1.807) is 12.3 Å². The van der Waals surface area contributed by atoms with Gasteiger partial charge in [-0.1, -0.05) is 12.1 Å². The molecule has 0 saturated carbocycles. The molecule has 0 fully saturated rings. The van der Waals surface area contributed by atoms with Crippen molar-refractivity contribution in [2.75, 3.05) is 0 Å². The van der Waals surface area contributed by atoms with Crippen molar-refractivity contribution in [3.8, 4) is 0 Å². The van der Waals surface area contributed by atoms with Crippen molar-refractivity contribution in [3.63, 3.8) is 0 Å². The van der Waals surface area contributed by atoms with Crippen molar-refractivity contribution >= 4 is 11.3 Å². The maximum absolute atomic E-state index is 13.4. The van der Waals surface area contributed by atoms with Crippen LogP contribution in [0.25, 0.3) is 0 Å². The van der Waals surface area contributed by atoms with E-state index in [-0.39, 0.29) is 6.04 Å². The van der Waals surface area contributed by atoms with E-state index in [1.807, 2.05) is 5.38 Å². The van der Waals surface area contributed by atoms with Gasteiger partial charge in [0.15, 0.2) is 11.6 Å². The Morgan fingerprint density at radius 1 is 1.29 bits per heavy atom. The molecule has 0 saturated heterocycles. The average Bonchev–Trinajstić information content (AvgIpc) is 2.77. The second-order valence-corrected chi connectivity index (χ2v) is 4.79. The lowest BCUT2D eigenvalue weighted by molar-refractivity contribution is 0.492. The first-order valence-corrected chi connectivity index (χ1v) is 6.11. The Hall–Kier alpha value is -1.33. The molecule has 2 nitrogen and oxygen atoms in total. The van der Waals surface area contributed by atoms with E-state index in [9.17, 15) is 8.78 Å². The number of benzene rings is 1. The zero-order valence-electron chi connectivity index (χ0n) is 9.07. The molecule has 0 aliphatic carbocycles. The summed E-state index contributed by atoms with van der Waals surface area (Å²) in [7, 11) is 0. The van der Waals surface area contributed by atoms with Crippen LogP contribution >= 0.6 is 11.3 Å². The fourth-order valence-corrected chi connectivity index (χ4v) is 2.35. The molecule has 1 atom stereocenters. The molecule has 5 heteroatoms. The normalized spacial score (nSPS) is 12.6. The summed E-state index contributed by atoms with van der Waals surface area (Å²) < 4.78 is 26.4. The molecular weight excluding hydrogens is 242 g/mol. The highest BCUT2D eigenvalue weighted by Crippen LogP contribution is 2.15. The number of nitrogens with two attached hydrogens (primary N) is 1. The number of hydrogen-bond acceptors (Lipinski definition) is 3. The van der Waals surface area contributed by atoms with Crippen LogP contribution in [-0.4, -0.2) is 11.0 Å². The second-order valence-electron chi connectivity index (χ2n) is 3.81. The third kappa shape index (κ3) is 3.08. The monoisotopic (exact) mass is 254 g/mol. The van der Waals surface area contributed by atoms with Crippen LogP contribution in [0.1, 0.15) is 10.6 Å². The van der Waals surface area contributed by atoms with E-state index in [4.69, 9.17) is 5.73 Å². The van der Waals surface area contributed by atoms with E-state index in [0.717, 1.165) is 11.1 Å². The maximum Gasteiger partial charge on any atom is 0.162 e. The second kappa shape index (κ2) is 5.33. The third-order valence-corrected chi connectivity index (χ3v) is 3.24. The molecule has 2 N–H and O–H groups in total. The summed E-state index contributed by atoms with van der Waals surface area (Å²) in [5.74, 6) is -1.63. The van der Waals surface area contributed by atoms with Gasteiger partial charge in [-0.2, -0.15) is 0 Å². The van der Waals surface area contributed by atoms with Crippen molar-refractivity contribution < 1.29 is 8.78 Å². The molecule has 1 aromatic carbocycles. The van der Waals surface area contributed by atoms with Crippen LogP contribution in [-0.2, 0) is 12.8 Å². The highest BCUT2D eigenvalue weighted by Gasteiger charge is 2.12. The minimum Gasteiger partial charge on any atom is -0.327 e. The zero-order valence-corrected chi connectivity index (χ0v) is 9.88. The van der Waals surface area contributed by atoms with E-state index in [2.05, 4.69) is 4.98 Å². The summed E-state index contributed by atoms with van der Waals surface area (Å²) in [6.45, 7) is 0. The van der Waals surface area contributed by atoms with Gasteiger partial charge in [0.2, 0.25) is 0 Å². The molecule has 2 aromatic rings. The highest BCUT2D eigenvalue weighted by atomic mass is 32.1. The van der Waals surface area contributed by atoms with Crippen LogP contribution in [0.15, 0.2) is 29.8 Å². The Balaban J connectivity index is 2.03.